The van der Waals surface area contributed by atoms with E-state index in [4.69, 9.17) is 0 Å². The fourth-order valence-corrected chi connectivity index (χ4v) is 2.92. The van der Waals surface area contributed by atoms with Crippen molar-refractivity contribution in [1.82, 2.24) is 0 Å². The van der Waals surface area contributed by atoms with Gasteiger partial charge in [-0.2, -0.15) is 0 Å². The molecule has 5 heteroatoms. The predicted molar refractivity (Wildman–Crippen MR) is 79.3 cm³/mol. The fraction of sp³-hybridized carbons (Fsp3) is 0.500. The minimum absolute atomic E-state index is 0.0275. The monoisotopic (exact) mass is 291 g/mol. The van der Waals surface area contributed by atoms with Gasteiger partial charge in [0.25, 0.3) is 0 Å². The molecule has 1 aromatic carbocycles. The van der Waals surface area contributed by atoms with Crippen molar-refractivity contribution in [3.63, 3.8) is 0 Å². The third-order valence-corrected chi connectivity index (χ3v) is 4.37. The largest absolute Gasteiger partial charge is 0.508 e. The second kappa shape index (κ2) is 6.16. The van der Waals surface area contributed by atoms with E-state index in [0.29, 0.717) is 18.5 Å². The van der Waals surface area contributed by atoms with Crippen LogP contribution in [-0.2, 0) is 9.59 Å². The lowest BCUT2D eigenvalue weighted by atomic mass is 9.71. The van der Waals surface area contributed by atoms with E-state index in [9.17, 15) is 19.8 Å². The van der Waals surface area contributed by atoms with E-state index in [1.165, 1.54) is 17.0 Å². The number of phenolic OH excluding ortho intramolecular Hbond substituents is 1. The van der Waals surface area contributed by atoms with Crippen molar-refractivity contribution in [2.75, 3.05) is 11.9 Å². The highest BCUT2D eigenvalue weighted by molar-refractivity contribution is 5.96. The second-order valence-corrected chi connectivity index (χ2v) is 5.79. The molecular formula is C16H21NO4. The van der Waals surface area contributed by atoms with Crippen molar-refractivity contribution in [2.45, 2.75) is 38.5 Å². The van der Waals surface area contributed by atoms with Crippen LogP contribution >= 0.6 is 0 Å². The number of aromatic hydroxyl groups is 1. The molecule has 0 radical (unpaired) electrons. The van der Waals surface area contributed by atoms with Crippen LogP contribution in [0.1, 0.15) is 38.5 Å². The van der Waals surface area contributed by atoms with Gasteiger partial charge in [0.2, 0.25) is 5.91 Å². The SMILES string of the molecule is CN(C(=O)CC1(C(=O)O)CCCCC1)c1ccc(O)cc1. The minimum atomic E-state index is -0.916. The molecule has 0 heterocycles. The summed E-state index contributed by atoms with van der Waals surface area (Å²) >= 11 is 0. The van der Waals surface area contributed by atoms with Crippen LogP contribution in [0, 0.1) is 5.41 Å². The molecule has 0 aliphatic heterocycles. The first kappa shape index (κ1) is 15.4. The maximum atomic E-state index is 12.4. The Labute approximate surface area is 124 Å². The topological polar surface area (TPSA) is 77.8 Å². The molecule has 0 spiro atoms. The van der Waals surface area contributed by atoms with E-state index in [1.807, 2.05) is 0 Å². The molecule has 114 valence electrons. The number of carbonyl (C=O) groups excluding carboxylic acids is 1. The molecule has 0 aromatic heterocycles. The van der Waals surface area contributed by atoms with E-state index in [-0.39, 0.29) is 18.1 Å². The molecule has 0 saturated heterocycles. The third kappa shape index (κ3) is 3.35. The summed E-state index contributed by atoms with van der Waals surface area (Å²) in [5, 5.41) is 18.8. The molecule has 1 saturated carbocycles. The maximum absolute atomic E-state index is 12.4. The van der Waals surface area contributed by atoms with Gasteiger partial charge >= 0.3 is 5.97 Å². The Bertz CT molecular complexity index is 518. The van der Waals surface area contributed by atoms with Gasteiger partial charge in [-0.15, -0.1) is 0 Å². The Morgan fingerprint density at radius 2 is 1.71 bits per heavy atom. The number of carboxylic acid groups (broad SMARTS) is 1. The van der Waals surface area contributed by atoms with E-state index in [2.05, 4.69) is 0 Å². The van der Waals surface area contributed by atoms with Gasteiger partial charge in [0.05, 0.1) is 5.41 Å². The zero-order valence-electron chi connectivity index (χ0n) is 12.2. The summed E-state index contributed by atoms with van der Waals surface area (Å²) in [7, 11) is 1.63. The Hall–Kier alpha value is -2.04. The van der Waals surface area contributed by atoms with E-state index >= 15 is 0 Å². The quantitative estimate of drug-likeness (QED) is 0.894. The van der Waals surface area contributed by atoms with Gasteiger partial charge in [0, 0.05) is 19.2 Å². The average Bonchev–Trinajstić information content (AvgIpc) is 2.48. The van der Waals surface area contributed by atoms with Crippen molar-refractivity contribution in [2.24, 2.45) is 5.41 Å². The normalized spacial score (nSPS) is 17.2. The maximum Gasteiger partial charge on any atom is 0.310 e. The highest BCUT2D eigenvalue weighted by Crippen LogP contribution is 2.40. The van der Waals surface area contributed by atoms with Crippen molar-refractivity contribution in [3.05, 3.63) is 24.3 Å². The fourth-order valence-electron chi connectivity index (χ4n) is 2.92. The van der Waals surface area contributed by atoms with Gasteiger partial charge in [-0.05, 0) is 37.1 Å². The van der Waals surface area contributed by atoms with Gasteiger partial charge in [-0.25, -0.2) is 0 Å². The molecule has 1 aromatic rings. The van der Waals surface area contributed by atoms with Gasteiger partial charge in [-0.1, -0.05) is 19.3 Å². The summed E-state index contributed by atoms with van der Waals surface area (Å²) < 4.78 is 0. The Kier molecular flexibility index (Phi) is 4.50. The molecule has 0 atom stereocenters. The zero-order valence-corrected chi connectivity index (χ0v) is 12.2. The molecule has 2 rings (SSSR count). The van der Waals surface area contributed by atoms with Crippen molar-refractivity contribution < 1.29 is 19.8 Å². The average molecular weight is 291 g/mol. The predicted octanol–water partition coefficient (Wildman–Crippen LogP) is 2.78. The number of hydrogen-bond donors (Lipinski definition) is 2. The first-order valence-corrected chi connectivity index (χ1v) is 7.24. The number of carbonyl (C=O) groups is 2. The van der Waals surface area contributed by atoms with E-state index in [1.54, 1.807) is 19.2 Å². The van der Waals surface area contributed by atoms with Crippen LogP contribution in [0.5, 0.6) is 5.75 Å². The Morgan fingerprint density at radius 3 is 2.24 bits per heavy atom. The molecule has 0 bridgehead atoms. The molecule has 0 unspecified atom stereocenters. The van der Waals surface area contributed by atoms with Crippen molar-refractivity contribution >= 4 is 17.6 Å². The van der Waals surface area contributed by atoms with Crippen LogP contribution in [0.2, 0.25) is 0 Å². The van der Waals surface area contributed by atoms with Gasteiger partial charge in [-0.3, -0.25) is 9.59 Å². The Balaban J connectivity index is 2.11. The summed E-state index contributed by atoms with van der Waals surface area (Å²) in [6.07, 6.45) is 3.93. The number of benzene rings is 1. The molecule has 2 N–H and O–H groups in total. The molecule has 1 fully saturated rings. The van der Waals surface area contributed by atoms with Gasteiger partial charge in [0.1, 0.15) is 5.75 Å². The van der Waals surface area contributed by atoms with Crippen LogP contribution in [0.25, 0.3) is 0 Å². The smallest absolute Gasteiger partial charge is 0.310 e. The zero-order chi connectivity index (χ0) is 15.5. The molecule has 5 nitrogen and oxygen atoms in total. The Morgan fingerprint density at radius 1 is 1.14 bits per heavy atom. The van der Waals surface area contributed by atoms with Crippen LogP contribution in [0.4, 0.5) is 5.69 Å². The van der Waals surface area contributed by atoms with E-state index in [0.717, 1.165) is 19.3 Å². The lowest BCUT2D eigenvalue weighted by Crippen LogP contribution is -2.39. The standard InChI is InChI=1S/C16H21NO4/c1-17(12-5-7-13(18)8-6-12)14(19)11-16(15(20)21)9-3-2-4-10-16/h5-8,18H,2-4,9-11H2,1H3,(H,20,21). The highest BCUT2D eigenvalue weighted by Gasteiger charge is 2.42. The van der Waals surface area contributed by atoms with Gasteiger partial charge < -0.3 is 15.1 Å². The molecular weight excluding hydrogens is 270 g/mol. The highest BCUT2D eigenvalue weighted by atomic mass is 16.4. The summed E-state index contributed by atoms with van der Waals surface area (Å²) in [5.41, 5.74) is -0.269. The number of phenols is 1. The number of nitrogens with zero attached hydrogens (tertiary/aromatic N) is 1. The lowest BCUT2D eigenvalue weighted by Gasteiger charge is -2.33. The van der Waals surface area contributed by atoms with Gasteiger partial charge in [0.15, 0.2) is 0 Å². The second-order valence-electron chi connectivity index (χ2n) is 5.79. The number of rotatable bonds is 4. The summed E-state index contributed by atoms with van der Waals surface area (Å²) in [5.74, 6) is -0.937. The van der Waals surface area contributed by atoms with Crippen molar-refractivity contribution in [1.29, 1.82) is 0 Å². The van der Waals surface area contributed by atoms with Crippen molar-refractivity contribution in [3.8, 4) is 5.75 Å². The minimum Gasteiger partial charge on any atom is -0.508 e. The molecule has 21 heavy (non-hydrogen) atoms. The number of carboxylic acids is 1. The number of aliphatic carboxylic acids is 1. The first-order valence-electron chi connectivity index (χ1n) is 7.24. The van der Waals surface area contributed by atoms with Crippen LogP contribution < -0.4 is 4.90 Å². The first-order chi connectivity index (χ1) is 9.94. The molecule has 1 aliphatic rings. The van der Waals surface area contributed by atoms with Crippen LogP contribution in [-0.4, -0.2) is 29.1 Å². The van der Waals surface area contributed by atoms with Crippen LogP contribution in [0.3, 0.4) is 0 Å². The van der Waals surface area contributed by atoms with Crippen LogP contribution in [0.15, 0.2) is 24.3 Å². The summed E-state index contributed by atoms with van der Waals surface area (Å²) in [6.45, 7) is 0. The number of hydrogen-bond acceptors (Lipinski definition) is 3. The van der Waals surface area contributed by atoms with E-state index < -0.39 is 11.4 Å². The lowest BCUT2D eigenvalue weighted by molar-refractivity contribution is -0.153. The summed E-state index contributed by atoms with van der Waals surface area (Å²) in [6, 6.07) is 6.29. The molecule has 1 aliphatic carbocycles. The number of anilines is 1. The molecule has 1 amide bonds. The third-order valence-electron chi connectivity index (χ3n) is 4.37. The summed E-state index contributed by atoms with van der Waals surface area (Å²) in [4.78, 5) is 25.5. The number of amides is 1.